The van der Waals surface area contributed by atoms with Gasteiger partial charge in [-0.25, -0.2) is 12.7 Å². The number of rotatable bonds is 7. The highest BCUT2D eigenvalue weighted by Crippen LogP contribution is 2.31. The molecule has 0 heterocycles. The van der Waals surface area contributed by atoms with Gasteiger partial charge in [-0.3, -0.25) is 0 Å². The zero-order valence-corrected chi connectivity index (χ0v) is 11.0. The molecule has 0 aromatic heterocycles. The number of halogens is 1. The summed E-state index contributed by atoms with van der Waals surface area (Å²) >= 11 is 5.63. The van der Waals surface area contributed by atoms with Crippen LogP contribution in [0.3, 0.4) is 0 Å². The molecule has 15 heavy (non-hydrogen) atoms. The first-order valence-electron chi connectivity index (χ1n) is 5.57. The summed E-state index contributed by atoms with van der Waals surface area (Å²) in [6, 6.07) is 0. The van der Waals surface area contributed by atoms with Gasteiger partial charge in [-0.2, -0.15) is 0 Å². The third-order valence-electron chi connectivity index (χ3n) is 2.72. The van der Waals surface area contributed by atoms with E-state index in [1.807, 2.05) is 6.92 Å². The molecule has 90 valence electrons. The van der Waals surface area contributed by atoms with Crippen molar-refractivity contribution in [2.75, 3.05) is 19.0 Å². The van der Waals surface area contributed by atoms with Crippen LogP contribution in [-0.2, 0) is 10.0 Å². The third-order valence-corrected chi connectivity index (χ3v) is 5.60. The van der Waals surface area contributed by atoms with Gasteiger partial charge in [0, 0.05) is 19.0 Å². The molecule has 0 saturated heterocycles. The molecule has 1 aliphatic rings. The molecule has 0 aliphatic heterocycles. The lowest BCUT2D eigenvalue weighted by molar-refractivity contribution is 0.391. The second-order valence-electron chi connectivity index (χ2n) is 4.31. The van der Waals surface area contributed by atoms with Crippen LogP contribution < -0.4 is 0 Å². The molecule has 0 N–H and O–H groups in total. The molecule has 1 aliphatic carbocycles. The minimum Gasteiger partial charge on any atom is -0.212 e. The Bertz CT molecular complexity index is 288. The van der Waals surface area contributed by atoms with E-state index < -0.39 is 15.3 Å². The van der Waals surface area contributed by atoms with Crippen LogP contribution in [0.2, 0.25) is 0 Å². The molecule has 1 rings (SSSR count). The van der Waals surface area contributed by atoms with Gasteiger partial charge < -0.3 is 0 Å². The fourth-order valence-corrected chi connectivity index (χ4v) is 3.50. The standard InChI is InChI=1S/C10H20ClNO2S/c1-3-6-12(8-10-4-5-10)15(13,14)9(2)7-11/h9-10H,3-8H2,1-2H3. The first-order chi connectivity index (χ1) is 7.02. The van der Waals surface area contributed by atoms with Crippen molar-refractivity contribution in [3.8, 4) is 0 Å². The van der Waals surface area contributed by atoms with Crippen LogP contribution in [0.25, 0.3) is 0 Å². The summed E-state index contributed by atoms with van der Waals surface area (Å²) in [7, 11) is -3.17. The highest BCUT2D eigenvalue weighted by atomic mass is 35.5. The largest absolute Gasteiger partial charge is 0.217 e. The maximum atomic E-state index is 12.1. The number of nitrogens with zero attached hydrogens (tertiary/aromatic N) is 1. The van der Waals surface area contributed by atoms with Gasteiger partial charge in [0.2, 0.25) is 10.0 Å². The van der Waals surface area contributed by atoms with E-state index >= 15 is 0 Å². The van der Waals surface area contributed by atoms with Gasteiger partial charge in [0.15, 0.2) is 0 Å². The normalized spacial score (nSPS) is 19.5. The zero-order chi connectivity index (χ0) is 11.5. The van der Waals surface area contributed by atoms with E-state index in [1.54, 1.807) is 11.2 Å². The Morgan fingerprint density at radius 1 is 1.47 bits per heavy atom. The molecule has 1 saturated carbocycles. The van der Waals surface area contributed by atoms with Crippen LogP contribution in [0.5, 0.6) is 0 Å². The second kappa shape index (κ2) is 5.51. The van der Waals surface area contributed by atoms with E-state index in [9.17, 15) is 8.42 Å². The van der Waals surface area contributed by atoms with E-state index in [0.717, 1.165) is 6.42 Å². The van der Waals surface area contributed by atoms with Crippen molar-refractivity contribution < 1.29 is 8.42 Å². The molecule has 0 radical (unpaired) electrons. The van der Waals surface area contributed by atoms with Crippen molar-refractivity contribution in [3.63, 3.8) is 0 Å². The highest BCUT2D eigenvalue weighted by Gasteiger charge is 2.32. The van der Waals surface area contributed by atoms with E-state index in [2.05, 4.69) is 0 Å². The summed E-state index contributed by atoms with van der Waals surface area (Å²) in [6.45, 7) is 5.00. The first-order valence-corrected chi connectivity index (χ1v) is 7.61. The molecule has 0 amide bonds. The van der Waals surface area contributed by atoms with Gasteiger partial charge in [0.1, 0.15) is 0 Å². The molecule has 0 bridgehead atoms. The average Bonchev–Trinajstić information content (AvgIpc) is 2.99. The van der Waals surface area contributed by atoms with Crippen molar-refractivity contribution in [1.82, 2.24) is 4.31 Å². The van der Waals surface area contributed by atoms with Crippen molar-refractivity contribution >= 4 is 21.6 Å². The van der Waals surface area contributed by atoms with Crippen LogP contribution >= 0.6 is 11.6 Å². The molecule has 1 unspecified atom stereocenters. The SMILES string of the molecule is CCCN(CC1CC1)S(=O)(=O)C(C)CCl. The minimum atomic E-state index is -3.17. The summed E-state index contributed by atoms with van der Waals surface area (Å²) < 4.78 is 25.7. The molecule has 0 spiro atoms. The monoisotopic (exact) mass is 253 g/mol. The molecular weight excluding hydrogens is 234 g/mol. The second-order valence-corrected chi connectivity index (χ2v) is 6.97. The third kappa shape index (κ3) is 3.61. The number of hydrogen-bond acceptors (Lipinski definition) is 2. The predicted molar refractivity (Wildman–Crippen MR) is 63.7 cm³/mol. The number of hydrogen-bond donors (Lipinski definition) is 0. The maximum Gasteiger partial charge on any atom is 0.217 e. The van der Waals surface area contributed by atoms with Gasteiger partial charge >= 0.3 is 0 Å². The molecule has 1 atom stereocenters. The van der Waals surface area contributed by atoms with Crippen molar-refractivity contribution in [3.05, 3.63) is 0 Å². The highest BCUT2D eigenvalue weighted by molar-refractivity contribution is 7.89. The Labute approximate surface area is 97.8 Å². The lowest BCUT2D eigenvalue weighted by atomic mass is 10.4. The first kappa shape index (κ1) is 13.3. The molecule has 1 fully saturated rings. The summed E-state index contributed by atoms with van der Waals surface area (Å²) in [5.41, 5.74) is 0. The van der Waals surface area contributed by atoms with Crippen LogP contribution in [0.1, 0.15) is 33.1 Å². The van der Waals surface area contributed by atoms with Gasteiger partial charge in [0.25, 0.3) is 0 Å². The van der Waals surface area contributed by atoms with Crippen molar-refractivity contribution in [2.24, 2.45) is 5.92 Å². The average molecular weight is 254 g/mol. The zero-order valence-electron chi connectivity index (χ0n) is 9.45. The van der Waals surface area contributed by atoms with Crippen molar-refractivity contribution in [1.29, 1.82) is 0 Å². The Kier molecular flexibility index (Phi) is 4.87. The van der Waals surface area contributed by atoms with Crippen LogP contribution in [0, 0.1) is 5.92 Å². The molecule has 0 aromatic carbocycles. The Balaban J connectivity index is 2.67. The lowest BCUT2D eigenvalue weighted by Crippen LogP contribution is -2.40. The maximum absolute atomic E-state index is 12.1. The van der Waals surface area contributed by atoms with E-state index in [4.69, 9.17) is 11.6 Å². The topological polar surface area (TPSA) is 37.4 Å². The van der Waals surface area contributed by atoms with Gasteiger partial charge in [0.05, 0.1) is 5.25 Å². The van der Waals surface area contributed by atoms with Gasteiger partial charge in [-0.1, -0.05) is 6.92 Å². The summed E-state index contributed by atoms with van der Waals surface area (Å²) in [5.74, 6) is 0.765. The van der Waals surface area contributed by atoms with E-state index in [1.165, 1.54) is 12.8 Å². The number of alkyl halides is 1. The summed E-state index contributed by atoms with van der Waals surface area (Å²) in [6.07, 6.45) is 3.21. The molecule has 0 aromatic rings. The van der Waals surface area contributed by atoms with Crippen LogP contribution in [0.4, 0.5) is 0 Å². The van der Waals surface area contributed by atoms with Crippen LogP contribution in [-0.4, -0.2) is 36.9 Å². The molecule has 5 heteroatoms. The molecular formula is C10H20ClNO2S. The Morgan fingerprint density at radius 2 is 2.07 bits per heavy atom. The Morgan fingerprint density at radius 3 is 2.47 bits per heavy atom. The fraction of sp³-hybridized carbons (Fsp3) is 1.00. The van der Waals surface area contributed by atoms with Crippen LogP contribution in [0.15, 0.2) is 0 Å². The lowest BCUT2D eigenvalue weighted by Gasteiger charge is -2.24. The summed E-state index contributed by atoms with van der Waals surface area (Å²) in [4.78, 5) is 0. The van der Waals surface area contributed by atoms with E-state index in [-0.39, 0.29) is 5.88 Å². The Hall–Kier alpha value is 0.200. The van der Waals surface area contributed by atoms with Crippen molar-refractivity contribution in [2.45, 2.75) is 38.4 Å². The quantitative estimate of drug-likeness (QED) is 0.652. The summed E-state index contributed by atoms with van der Waals surface area (Å²) in [5, 5.41) is -0.468. The minimum absolute atomic E-state index is 0.174. The molecule has 3 nitrogen and oxygen atoms in total. The van der Waals surface area contributed by atoms with Gasteiger partial charge in [-0.15, -0.1) is 11.6 Å². The smallest absolute Gasteiger partial charge is 0.212 e. The van der Waals surface area contributed by atoms with E-state index in [0.29, 0.717) is 19.0 Å². The fourth-order valence-electron chi connectivity index (χ4n) is 1.49. The number of sulfonamides is 1. The predicted octanol–water partition coefficient (Wildman–Crippen LogP) is 2.07. The van der Waals surface area contributed by atoms with Gasteiger partial charge in [-0.05, 0) is 32.1 Å².